The molecule has 0 fully saturated rings. The van der Waals surface area contributed by atoms with Crippen LogP contribution in [0.3, 0.4) is 0 Å². The fourth-order valence-electron chi connectivity index (χ4n) is 2.26. The molecule has 3 rings (SSSR count). The van der Waals surface area contributed by atoms with Gasteiger partial charge in [0.2, 0.25) is 10.0 Å². The van der Waals surface area contributed by atoms with Crippen LogP contribution in [0.2, 0.25) is 0 Å². The molecule has 0 unspecified atom stereocenters. The first-order valence-corrected chi connectivity index (χ1v) is 8.74. The minimum Gasteiger partial charge on any atom is -0.309 e. The van der Waals surface area contributed by atoms with E-state index >= 15 is 0 Å². The Hall–Kier alpha value is -1.28. The monoisotopic (exact) mass is 367 g/mol. The average Bonchev–Trinajstić information content (AvgIpc) is 2.93. The number of rotatable bonds is 4. The summed E-state index contributed by atoms with van der Waals surface area (Å²) in [7, 11) is -3.55. The summed E-state index contributed by atoms with van der Waals surface area (Å²) in [5.41, 5.74) is 3.46. The minimum absolute atomic E-state index is 0.153. The first-order chi connectivity index (χ1) is 10.0. The summed E-state index contributed by atoms with van der Waals surface area (Å²) in [5.74, 6) is 0. The standard InChI is InChI=1S/C14H14BrN3O2S/c15-13-4-14(9-17-8-13)21(19,20)18-5-10-1-2-11-6-16-7-12(11)3-10/h1-4,8-9,16,18H,5-7H2. The highest BCUT2D eigenvalue weighted by atomic mass is 79.9. The van der Waals surface area contributed by atoms with E-state index in [0.29, 0.717) is 4.47 Å². The topological polar surface area (TPSA) is 71.1 Å². The maximum absolute atomic E-state index is 12.2. The predicted octanol–water partition coefficient (Wildman–Crippen LogP) is 1.93. The van der Waals surface area contributed by atoms with Crippen molar-refractivity contribution in [3.8, 4) is 0 Å². The van der Waals surface area contributed by atoms with E-state index in [-0.39, 0.29) is 11.4 Å². The molecular formula is C14H14BrN3O2S. The number of aromatic nitrogens is 1. The Morgan fingerprint density at radius 2 is 2.00 bits per heavy atom. The van der Waals surface area contributed by atoms with Crippen molar-refractivity contribution in [3.05, 3.63) is 57.8 Å². The number of benzene rings is 1. The van der Waals surface area contributed by atoms with Crippen LogP contribution in [0.4, 0.5) is 0 Å². The molecule has 0 aliphatic carbocycles. The van der Waals surface area contributed by atoms with Gasteiger partial charge >= 0.3 is 0 Å². The number of fused-ring (bicyclic) bond motifs is 1. The van der Waals surface area contributed by atoms with Gasteiger partial charge < -0.3 is 5.32 Å². The Morgan fingerprint density at radius 1 is 1.19 bits per heavy atom. The lowest BCUT2D eigenvalue weighted by atomic mass is 10.1. The summed E-state index contributed by atoms with van der Waals surface area (Å²) >= 11 is 3.22. The average molecular weight is 368 g/mol. The first kappa shape index (κ1) is 14.6. The molecule has 0 atom stereocenters. The zero-order valence-corrected chi connectivity index (χ0v) is 13.5. The molecule has 110 valence electrons. The minimum atomic E-state index is -3.55. The van der Waals surface area contributed by atoms with Gasteiger partial charge in [0.05, 0.1) is 0 Å². The van der Waals surface area contributed by atoms with Crippen molar-refractivity contribution in [2.24, 2.45) is 0 Å². The summed E-state index contributed by atoms with van der Waals surface area (Å²) in [6, 6.07) is 7.56. The largest absolute Gasteiger partial charge is 0.309 e. The van der Waals surface area contributed by atoms with Crippen LogP contribution in [0.5, 0.6) is 0 Å². The molecule has 5 nitrogen and oxygen atoms in total. The number of halogens is 1. The summed E-state index contributed by atoms with van der Waals surface area (Å²) < 4.78 is 27.6. The highest BCUT2D eigenvalue weighted by molar-refractivity contribution is 9.10. The van der Waals surface area contributed by atoms with Gasteiger partial charge in [0.25, 0.3) is 0 Å². The fourth-order valence-corrected chi connectivity index (χ4v) is 3.78. The molecule has 0 bridgehead atoms. The predicted molar refractivity (Wildman–Crippen MR) is 82.9 cm³/mol. The molecule has 1 aliphatic heterocycles. The van der Waals surface area contributed by atoms with Gasteiger partial charge in [-0.2, -0.15) is 0 Å². The van der Waals surface area contributed by atoms with Gasteiger partial charge in [-0.3, -0.25) is 4.98 Å². The summed E-state index contributed by atoms with van der Waals surface area (Å²) in [5, 5.41) is 3.27. The molecule has 7 heteroatoms. The van der Waals surface area contributed by atoms with Crippen LogP contribution in [0, 0.1) is 0 Å². The van der Waals surface area contributed by atoms with Crippen molar-refractivity contribution in [1.29, 1.82) is 0 Å². The van der Waals surface area contributed by atoms with E-state index in [0.717, 1.165) is 18.7 Å². The Balaban J connectivity index is 1.75. The highest BCUT2D eigenvalue weighted by Crippen LogP contribution is 2.18. The van der Waals surface area contributed by atoms with Gasteiger partial charge in [-0.25, -0.2) is 13.1 Å². The molecule has 1 aliphatic rings. The van der Waals surface area contributed by atoms with Crippen LogP contribution in [0.1, 0.15) is 16.7 Å². The van der Waals surface area contributed by atoms with E-state index in [9.17, 15) is 8.42 Å². The van der Waals surface area contributed by atoms with E-state index in [1.165, 1.54) is 23.4 Å². The Bertz CT molecular complexity index is 778. The lowest BCUT2D eigenvalue weighted by molar-refractivity contribution is 0.581. The fraction of sp³-hybridized carbons (Fsp3) is 0.214. The lowest BCUT2D eigenvalue weighted by Crippen LogP contribution is -2.23. The maximum Gasteiger partial charge on any atom is 0.242 e. The summed E-state index contributed by atoms with van der Waals surface area (Å²) in [6.45, 7) is 1.98. The number of sulfonamides is 1. The van der Waals surface area contributed by atoms with Gasteiger partial charge in [0.1, 0.15) is 4.90 Å². The quantitative estimate of drug-likeness (QED) is 0.865. The SMILES string of the molecule is O=S(=O)(NCc1ccc2c(c1)CNC2)c1cncc(Br)c1. The zero-order chi connectivity index (χ0) is 14.9. The molecule has 1 aromatic heterocycles. The van der Waals surface area contributed by atoms with Crippen LogP contribution in [0.15, 0.2) is 46.0 Å². The third-order valence-corrected chi connectivity index (χ3v) is 5.16. The lowest BCUT2D eigenvalue weighted by Gasteiger charge is -2.08. The van der Waals surface area contributed by atoms with Crippen LogP contribution < -0.4 is 10.0 Å². The molecule has 0 saturated carbocycles. The number of nitrogens with zero attached hydrogens (tertiary/aromatic N) is 1. The molecule has 0 radical (unpaired) electrons. The Morgan fingerprint density at radius 3 is 2.81 bits per heavy atom. The van der Waals surface area contributed by atoms with Crippen molar-refractivity contribution in [2.75, 3.05) is 0 Å². The molecule has 1 aromatic carbocycles. The smallest absolute Gasteiger partial charge is 0.242 e. The van der Waals surface area contributed by atoms with Crippen molar-refractivity contribution in [1.82, 2.24) is 15.0 Å². The highest BCUT2D eigenvalue weighted by Gasteiger charge is 2.15. The van der Waals surface area contributed by atoms with Crippen molar-refractivity contribution in [3.63, 3.8) is 0 Å². The summed E-state index contributed by atoms with van der Waals surface area (Å²) in [6.07, 6.45) is 2.88. The van der Waals surface area contributed by atoms with Crippen LogP contribution in [-0.4, -0.2) is 13.4 Å². The van der Waals surface area contributed by atoms with Crippen molar-refractivity contribution in [2.45, 2.75) is 24.5 Å². The van der Waals surface area contributed by atoms with E-state index in [2.05, 4.69) is 31.0 Å². The van der Waals surface area contributed by atoms with Gasteiger partial charge in [0.15, 0.2) is 0 Å². The third kappa shape index (κ3) is 3.32. The zero-order valence-electron chi connectivity index (χ0n) is 11.1. The third-order valence-electron chi connectivity index (χ3n) is 3.36. The van der Waals surface area contributed by atoms with E-state index < -0.39 is 10.0 Å². The molecule has 21 heavy (non-hydrogen) atoms. The number of hydrogen-bond acceptors (Lipinski definition) is 4. The molecule has 0 spiro atoms. The Kier molecular flexibility index (Phi) is 4.08. The Labute approximate surface area is 132 Å². The van der Waals surface area contributed by atoms with Gasteiger partial charge in [-0.1, -0.05) is 18.2 Å². The number of hydrogen-bond donors (Lipinski definition) is 2. The molecule has 2 aromatic rings. The molecule has 2 heterocycles. The van der Waals surface area contributed by atoms with E-state index in [1.807, 2.05) is 18.2 Å². The first-order valence-electron chi connectivity index (χ1n) is 6.46. The summed E-state index contributed by atoms with van der Waals surface area (Å²) in [4.78, 5) is 4.03. The van der Waals surface area contributed by atoms with E-state index in [1.54, 1.807) is 6.20 Å². The van der Waals surface area contributed by atoms with Gasteiger partial charge in [-0.05, 0) is 38.7 Å². The number of pyridine rings is 1. The maximum atomic E-state index is 12.2. The number of nitrogens with one attached hydrogen (secondary N) is 2. The molecule has 0 amide bonds. The second-order valence-electron chi connectivity index (χ2n) is 4.87. The normalized spacial score (nSPS) is 14.1. The van der Waals surface area contributed by atoms with Gasteiger partial charge in [-0.15, -0.1) is 0 Å². The van der Waals surface area contributed by atoms with Crippen LogP contribution in [0.25, 0.3) is 0 Å². The molecule has 2 N–H and O–H groups in total. The molecular weight excluding hydrogens is 354 g/mol. The van der Waals surface area contributed by atoms with Crippen molar-refractivity contribution < 1.29 is 8.42 Å². The van der Waals surface area contributed by atoms with Crippen LogP contribution in [-0.2, 0) is 29.7 Å². The van der Waals surface area contributed by atoms with Crippen molar-refractivity contribution >= 4 is 26.0 Å². The molecule has 0 saturated heterocycles. The second kappa shape index (κ2) is 5.84. The van der Waals surface area contributed by atoms with Gasteiger partial charge in [0, 0.05) is 36.5 Å². The van der Waals surface area contributed by atoms with Crippen LogP contribution >= 0.6 is 15.9 Å². The second-order valence-corrected chi connectivity index (χ2v) is 7.55. The van der Waals surface area contributed by atoms with E-state index in [4.69, 9.17) is 0 Å².